The van der Waals surface area contributed by atoms with Gasteiger partial charge in [0.05, 0.1) is 17.5 Å². The molecule has 168 valence electrons. The Morgan fingerprint density at radius 2 is 2.00 bits per heavy atom. The topological polar surface area (TPSA) is 44.8 Å². The minimum atomic E-state index is -3.70. The lowest BCUT2D eigenvalue weighted by Crippen LogP contribution is -2.49. The summed E-state index contributed by atoms with van der Waals surface area (Å²) >= 11 is 0. The summed E-state index contributed by atoms with van der Waals surface area (Å²) in [5, 5.41) is 2.35. The molecule has 2 amide bonds. The summed E-state index contributed by atoms with van der Waals surface area (Å²) in [6, 6.07) is -3.12. The second-order valence-corrected chi connectivity index (χ2v) is 6.49. The molecule has 0 aliphatic carbocycles. The number of urea groups is 1. The van der Waals surface area contributed by atoms with Crippen LogP contribution in [0.5, 0.6) is 5.75 Å². The molecular formula is C25H34FN3O2. The zero-order chi connectivity index (χ0) is 38.8. The molecule has 6 heteroatoms. The molecule has 1 fully saturated rings. The smallest absolute Gasteiger partial charge is 0.318 e. The lowest BCUT2D eigenvalue weighted by molar-refractivity contribution is 0.127. The van der Waals surface area contributed by atoms with E-state index >= 15 is 0 Å². The highest BCUT2D eigenvalue weighted by atomic mass is 19.1. The van der Waals surface area contributed by atoms with Gasteiger partial charge in [-0.05, 0) is 74.1 Å². The van der Waals surface area contributed by atoms with Gasteiger partial charge in [0.1, 0.15) is 11.6 Å². The van der Waals surface area contributed by atoms with Crippen molar-refractivity contribution in [1.82, 2.24) is 15.1 Å². The third-order valence-corrected chi connectivity index (χ3v) is 4.18. The minimum Gasteiger partial charge on any atom is -0.493 e. The lowest BCUT2D eigenvalue weighted by atomic mass is 10.0. The highest BCUT2D eigenvalue weighted by molar-refractivity contribution is 5.74. The van der Waals surface area contributed by atoms with Crippen molar-refractivity contribution in [1.29, 1.82) is 0 Å². The second-order valence-electron chi connectivity index (χ2n) is 6.49. The van der Waals surface area contributed by atoms with Crippen molar-refractivity contribution in [2.75, 3.05) is 26.6 Å². The third kappa shape index (κ3) is 7.24. The summed E-state index contributed by atoms with van der Waals surface area (Å²) in [4.78, 5) is 14.9. The van der Waals surface area contributed by atoms with Crippen LogP contribution in [0.2, 0.25) is 0 Å². The van der Waals surface area contributed by atoms with E-state index in [1.54, 1.807) is 0 Å². The maximum Gasteiger partial charge on any atom is 0.318 e. The number of hydrogen-bond donors (Lipinski definition) is 1. The molecule has 31 heavy (non-hydrogen) atoms. The number of piperidine rings is 1. The van der Waals surface area contributed by atoms with Gasteiger partial charge in [0.15, 0.2) is 0 Å². The van der Waals surface area contributed by atoms with Crippen molar-refractivity contribution in [3.63, 3.8) is 0 Å². The number of amides is 2. The zero-order valence-electron chi connectivity index (χ0n) is 35.6. The van der Waals surface area contributed by atoms with E-state index in [1.165, 1.54) is 12.1 Å². The van der Waals surface area contributed by atoms with Crippen LogP contribution < -0.4 is 10.1 Å². The molecule has 0 saturated carbocycles. The fourth-order valence-corrected chi connectivity index (χ4v) is 2.62. The number of rotatable bonds is 8. The molecule has 1 heterocycles. The summed E-state index contributed by atoms with van der Waals surface area (Å²) in [5.74, 6) is -5.68. The molecule has 0 radical (unpaired) electrons. The average molecular weight is 447 g/mol. The number of carbonyl (C=O) groups excluding carboxylic acids is 1. The van der Waals surface area contributed by atoms with E-state index in [0.29, 0.717) is 4.90 Å². The van der Waals surface area contributed by atoms with E-state index in [9.17, 15) is 9.18 Å². The van der Waals surface area contributed by atoms with Crippen LogP contribution in [0.1, 0.15) is 63.7 Å². The van der Waals surface area contributed by atoms with E-state index < -0.39 is 118 Å². The molecule has 0 atom stereocenters. The van der Waals surface area contributed by atoms with Gasteiger partial charge in [-0.1, -0.05) is 37.9 Å². The van der Waals surface area contributed by atoms with Crippen LogP contribution in [-0.2, 0) is 13.0 Å². The van der Waals surface area contributed by atoms with Crippen LogP contribution >= 0.6 is 0 Å². The molecule has 1 aliphatic rings. The summed E-state index contributed by atoms with van der Waals surface area (Å²) in [6.45, 7) is -19.5. The second kappa shape index (κ2) is 11.1. The molecule has 1 aliphatic heterocycles. The SMILES string of the molecule is [2H]c1c([2H])c(C([2H])([2H])N(C(=O)NCc2ccc(OC([2H])([2H])C([2H])(C([2H])([2H])[2H])C([2H])([2H])[2H])cc2)C2CC([2H])([2H])N(C)C([2H])([2H])C2)c([2H])c([2H])c1F. The maximum absolute atomic E-state index is 14.3. The summed E-state index contributed by atoms with van der Waals surface area (Å²) in [7, 11) is 1.15. The number of halogens is 1. The predicted octanol–water partition coefficient (Wildman–Crippen LogP) is 4.67. The van der Waals surface area contributed by atoms with Gasteiger partial charge < -0.3 is 19.9 Å². The van der Waals surface area contributed by atoms with Crippen LogP contribution in [0.25, 0.3) is 0 Å². The fraction of sp³-hybridized carbons (Fsp3) is 0.480. The molecule has 0 spiro atoms. The number of benzene rings is 2. The van der Waals surface area contributed by atoms with Crippen molar-refractivity contribution >= 4 is 6.03 Å². The van der Waals surface area contributed by atoms with Crippen LogP contribution in [0.15, 0.2) is 48.4 Å². The molecule has 2 aromatic rings. The number of ether oxygens (including phenoxy) is 1. The van der Waals surface area contributed by atoms with Crippen molar-refractivity contribution in [3.05, 3.63) is 65.4 Å². The number of nitrogens with zero attached hydrogens (tertiary/aromatic N) is 2. The minimum absolute atomic E-state index is 0.204. The summed E-state index contributed by atoms with van der Waals surface area (Å²) in [6.07, 6.45) is -1.34. The molecule has 3 rings (SSSR count). The Bertz CT molecular complexity index is 1540. The van der Waals surface area contributed by atoms with E-state index in [1.807, 2.05) is 0 Å². The van der Waals surface area contributed by atoms with E-state index in [-0.39, 0.29) is 5.56 Å². The number of nitrogens with one attached hydrogen (secondary N) is 1. The predicted molar refractivity (Wildman–Crippen MR) is 121 cm³/mol. The van der Waals surface area contributed by atoms with Crippen molar-refractivity contribution in [3.8, 4) is 5.75 Å². The van der Waals surface area contributed by atoms with Gasteiger partial charge in [-0.15, -0.1) is 0 Å². The van der Waals surface area contributed by atoms with Gasteiger partial charge >= 0.3 is 6.03 Å². The Kier molecular flexibility index (Phi) is 3.14. The van der Waals surface area contributed by atoms with E-state index in [0.717, 1.165) is 24.1 Å². The van der Waals surface area contributed by atoms with Crippen LogP contribution in [0, 0.1) is 11.7 Å². The van der Waals surface area contributed by atoms with Crippen LogP contribution in [0.3, 0.4) is 0 Å². The highest BCUT2D eigenvalue weighted by Gasteiger charge is 2.27. The molecule has 0 aromatic heterocycles. The average Bonchev–Trinajstić information content (AvgIpc) is 2.95. The van der Waals surface area contributed by atoms with Gasteiger partial charge in [0, 0.05) is 34.2 Å². The third-order valence-electron chi connectivity index (χ3n) is 4.18. The van der Waals surface area contributed by atoms with Gasteiger partial charge in [0.25, 0.3) is 0 Å². The van der Waals surface area contributed by atoms with Crippen molar-refractivity contribution in [2.45, 2.75) is 45.6 Å². The Labute approximate surface area is 211 Å². The molecule has 1 N–H and O–H groups in total. The first-order valence-corrected chi connectivity index (χ1v) is 9.20. The standard InChI is InChI=1S/C25H34FN3O2/c1-19(2)18-31-24-10-6-20(7-11-24)16-27-25(30)29(23-12-14-28(3)15-13-23)17-21-4-8-22(26)9-5-21/h4-11,19,23H,12-18H2,1-3H3,(H,27,30)/i1D3,2D3,4D,5D,8D,9D,14D2,15D2,17D2,18D2,19D. The maximum atomic E-state index is 14.3. The van der Waals surface area contributed by atoms with Crippen LogP contribution in [0.4, 0.5) is 9.18 Å². The highest BCUT2D eigenvalue weighted by Crippen LogP contribution is 2.19. The van der Waals surface area contributed by atoms with Crippen molar-refractivity contribution < 1.29 is 40.0 Å². The molecule has 0 bridgehead atoms. The van der Waals surface area contributed by atoms with Gasteiger partial charge in [-0.2, -0.15) is 0 Å². The number of carbonyl (C=O) groups is 1. The largest absolute Gasteiger partial charge is 0.493 e. The van der Waals surface area contributed by atoms with E-state index in [2.05, 4.69) is 5.32 Å². The van der Waals surface area contributed by atoms with E-state index in [4.69, 9.17) is 30.8 Å². The van der Waals surface area contributed by atoms with Gasteiger partial charge in [-0.25, -0.2) is 9.18 Å². The van der Waals surface area contributed by atoms with Gasteiger partial charge in [0.2, 0.25) is 0 Å². The van der Waals surface area contributed by atoms with Gasteiger partial charge in [-0.3, -0.25) is 0 Å². The molecule has 0 unspecified atom stereocenters. The zero-order valence-corrected chi connectivity index (χ0v) is 16.6. The molecule has 2 aromatic carbocycles. The quantitative estimate of drug-likeness (QED) is 0.641. The first kappa shape index (κ1) is 8.74. The summed E-state index contributed by atoms with van der Waals surface area (Å²) < 4.78 is 172. The lowest BCUT2D eigenvalue weighted by Gasteiger charge is -2.37. The Balaban J connectivity index is 1.98. The first-order chi connectivity index (χ1) is 22.3. The van der Waals surface area contributed by atoms with Crippen molar-refractivity contribution in [2.24, 2.45) is 5.89 Å². The molecule has 1 saturated heterocycles. The normalized spacial score (nSPS) is 29.4. The molecular weight excluding hydrogens is 393 g/mol. The monoisotopic (exact) mass is 446 g/mol. The molecule has 5 nitrogen and oxygen atoms in total. The number of hydrogen-bond acceptors (Lipinski definition) is 3. The Hall–Kier alpha value is -2.60. The van der Waals surface area contributed by atoms with Crippen LogP contribution in [-0.4, -0.2) is 48.5 Å². The number of likely N-dealkylation sites (tertiary alicyclic amines) is 1. The Morgan fingerprint density at radius 1 is 1.32 bits per heavy atom. The Morgan fingerprint density at radius 3 is 2.65 bits per heavy atom. The fourth-order valence-electron chi connectivity index (χ4n) is 2.62. The first-order valence-electron chi connectivity index (χ1n) is 18.7. The summed E-state index contributed by atoms with van der Waals surface area (Å²) in [5.41, 5.74) is -0.852.